The van der Waals surface area contributed by atoms with Crippen LogP contribution in [0.5, 0.6) is 0 Å². The van der Waals surface area contributed by atoms with Crippen molar-refractivity contribution in [3.63, 3.8) is 0 Å². The van der Waals surface area contributed by atoms with Crippen LogP contribution in [0.1, 0.15) is 53.3 Å². The molecule has 0 unspecified atom stereocenters. The van der Waals surface area contributed by atoms with E-state index in [1.807, 2.05) is 6.92 Å². The molecule has 1 aromatic rings. The summed E-state index contributed by atoms with van der Waals surface area (Å²) < 4.78 is 0. The number of carboxylic acids is 1. The van der Waals surface area contributed by atoms with Crippen molar-refractivity contribution in [3.05, 3.63) is 35.4 Å². The van der Waals surface area contributed by atoms with Gasteiger partial charge >= 0.3 is 5.97 Å². The summed E-state index contributed by atoms with van der Waals surface area (Å²) in [6.07, 6.45) is 2.25. The van der Waals surface area contributed by atoms with Gasteiger partial charge in [0.15, 0.2) is 0 Å². The zero-order valence-corrected chi connectivity index (χ0v) is 13.7. The highest BCUT2D eigenvalue weighted by molar-refractivity contribution is 5.99. The Kier molecular flexibility index (Phi) is 7.80. The molecule has 0 bridgehead atoms. The minimum Gasteiger partial charge on any atom is -0.481 e. The van der Waals surface area contributed by atoms with Crippen LogP contribution in [0.2, 0.25) is 0 Å². The average molecular weight is 320 g/mol. The molecule has 0 heterocycles. The van der Waals surface area contributed by atoms with Gasteiger partial charge in [-0.05, 0) is 38.0 Å². The average Bonchev–Trinajstić information content (AvgIpc) is 2.56. The number of rotatable bonds is 9. The van der Waals surface area contributed by atoms with Gasteiger partial charge in [0.25, 0.3) is 11.8 Å². The molecule has 0 atom stereocenters. The molecular weight excluding hydrogens is 296 g/mol. The van der Waals surface area contributed by atoms with Crippen LogP contribution in [-0.2, 0) is 4.79 Å². The third-order valence-electron chi connectivity index (χ3n) is 3.55. The Balaban J connectivity index is 2.47. The van der Waals surface area contributed by atoms with E-state index in [0.29, 0.717) is 30.6 Å². The van der Waals surface area contributed by atoms with Gasteiger partial charge in [0.2, 0.25) is 0 Å². The molecule has 23 heavy (non-hydrogen) atoms. The molecule has 0 saturated carbocycles. The largest absolute Gasteiger partial charge is 0.481 e. The minimum atomic E-state index is -0.799. The standard InChI is InChI=1S/C17H24N2O4/c1-3-19(2)17(23)14-9-7-8-13(12-14)16(22)18-11-6-4-5-10-15(20)21/h7-9,12H,3-6,10-11H2,1-2H3,(H,18,22)(H,20,21). The van der Waals surface area contributed by atoms with E-state index < -0.39 is 5.97 Å². The number of carboxylic acid groups (broad SMARTS) is 1. The van der Waals surface area contributed by atoms with Crippen LogP contribution in [0.3, 0.4) is 0 Å². The summed E-state index contributed by atoms with van der Waals surface area (Å²) >= 11 is 0. The van der Waals surface area contributed by atoms with Crippen molar-refractivity contribution in [3.8, 4) is 0 Å². The highest BCUT2D eigenvalue weighted by atomic mass is 16.4. The van der Waals surface area contributed by atoms with Gasteiger partial charge in [-0.1, -0.05) is 12.5 Å². The van der Waals surface area contributed by atoms with E-state index in [0.717, 1.165) is 12.8 Å². The molecule has 0 saturated heterocycles. The van der Waals surface area contributed by atoms with Crippen molar-refractivity contribution in [1.82, 2.24) is 10.2 Å². The molecule has 1 rings (SSSR count). The summed E-state index contributed by atoms with van der Waals surface area (Å²) in [6.45, 7) is 2.98. The molecule has 0 fully saturated rings. The molecule has 0 aliphatic heterocycles. The zero-order chi connectivity index (χ0) is 17.2. The number of nitrogens with one attached hydrogen (secondary N) is 1. The fourth-order valence-electron chi connectivity index (χ4n) is 2.04. The summed E-state index contributed by atoms with van der Waals surface area (Å²) in [5, 5.41) is 11.3. The van der Waals surface area contributed by atoms with Crippen LogP contribution in [0.15, 0.2) is 24.3 Å². The Hall–Kier alpha value is -2.37. The number of hydrogen-bond donors (Lipinski definition) is 2. The van der Waals surface area contributed by atoms with E-state index in [4.69, 9.17) is 5.11 Å². The first-order valence-corrected chi connectivity index (χ1v) is 7.81. The number of nitrogens with zero attached hydrogens (tertiary/aromatic N) is 1. The molecule has 2 amide bonds. The topological polar surface area (TPSA) is 86.7 Å². The second-order valence-electron chi connectivity index (χ2n) is 5.36. The van der Waals surface area contributed by atoms with Gasteiger partial charge in [0.05, 0.1) is 0 Å². The van der Waals surface area contributed by atoms with Crippen LogP contribution >= 0.6 is 0 Å². The number of benzene rings is 1. The number of hydrogen-bond acceptors (Lipinski definition) is 3. The van der Waals surface area contributed by atoms with Gasteiger partial charge in [-0.25, -0.2) is 0 Å². The molecular formula is C17H24N2O4. The van der Waals surface area contributed by atoms with Crippen molar-refractivity contribution in [2.45, 2.75) is 32.6 Å². The van der Waals surface area contributed by atoms with Crippen molar-refractivity contribution in [1.29, 1.82) is 0 Å². The fraction of sp³-hybridized carbons (Fsp3) is 0.471. The quantitative estimate of drug-likeness (QED) is 0.683. The number of carbonyl (C=O) groups is 3. The molecule has 6 heteroatoms. The summed E-state index contributed by atoms with van der Waals surface area (Å²) in [5.41, 5.74) is 0.939. The number of aliphatic carboxylic acids is 1. The number of carbonyl (C=O) groups excluding carboxylic acids is 2. The van der Waals surface area contributed by atoms with Crippen molar-refractivity contribution < 1.29 is 19.5 Å². The van der Waals surface area contributed by atoms with Gasteiger partial charge in [0, 0.05) is 37.7 Å². The Labute approximate surface area is 136 Å². The predicted octanol–water partition coefficient (Wildman–Crippen LogP) is 2.15. The maximum Gasteiger partial charge on any atom is 0.303 e. The number of unbranched alkanes of at least 4 members (excludes halogenated alkanes) is 2. The lowest BCUT2D eigenvalue weighted by molar-refractivity contribution is -0.137. The second kappa shape index (κ2) is 9.61. The molecule has 0 aromatic heterocycles. The third-order valence-corrected chi connectivity index (χ3v) is 3.55. The Morgan fingerprint density at radius 2 is 1.83 bits per heavy atom. The highest BCUT2D eigenvalue weighted by Gasteiger charge is 2.12. The summed E-state index contributed by atoms with van der Waals surface area (Å²) in [6, 6.07) is 6.65. The van der Waals surface area contributed by atoms with E-state index in [-0.39, 0.29) is 18.2 Å². The lowest BCUT2D eigenvalue weighted by Gasteiger charge is -2.14. The summed E-state index contributed by atoms with van der Waals surface area (Å²) in [5.74, 6) is -1.14. The molecule has 1 aromatic carbocycles. The monoisotopic (exact) mass is 320 g/mol. The summed E-state index contributed by atoms with van der Waals surface area (Å²) in [7, 11) is 1.71. The van der Waals surface area contributed by atoms with Crippen molar-refractivity contribution >= 4 is 17.8 Å². The normalized spacial score (nSPS) is 10.2. The SMILES string of the molecule is CCN(C)C(=O)c1cccc(C(=O)NCCCCCC(=O)O)c1. The van der Waals surface area contributed by atoms with Crippen LogP contribution in [0.4, 0.5) is 0 Å². The zero-order valence-electron chi connectivity index (χ0n) is 13.7. The van der Waals surface area contributed by atoms with E-state index in [9.17, 15) is 14.4 Å². The van der Waals surface area contributed by atoms with E-state index in [1.165, 1.54) is 0 Å². The maximum absolute atomic E-state index is 12.1. The molecule has 126 valence electrons. The lowest BCUT2D eigenvalue weighted by Crippen LogP contribution is -2.27. The van der Waals surface area contributed by atoms with Crippen molar-refractivity contribution in [2.75, 3.05) is 20.1 Å². The lowest BCUT2D eigenvalue weighted by atomic mass is 10.1. The first-order valence-electron chi connectivity index (χ1n) is 7.81. The van der Waals surface area contributed by atoms with Crippen LogP contribution in [0, 0.1) is 0 Å². The van der Waals surface area contributed by atoms with Crippen LogP contribution in [0.25, 0.3) is 0 Å². The molecule has 0 aliphatic carbocycles. The Morgan fingerprint density at radius 1 is 1.13 bits per heavy atom. The molecule has 6 nitrogen and oxygen atoms in total. The van der Waals surface area contributed by atoms with Gasteiger partial charge in [-0.15, -0.1) is 0 Å². The highest BCUT2D eigenvalue weighted by Crippen LogP contribution is 2.08. The minimum absolute atomic E-state index is 0.115. The van der Waals surface area contributed by atoms with Gasteiger partial charge < -0.3 is 15.3 Å². The van der Waals surface area contributed by atoms with Crippen LogP contribution in [-0.4, -0.2) is 47.9 Å². The third kappa shape index (κ3) is 6.50. The fourth-order valence-corrected chi connectivity index (χ4v) is 2.04. The first-order chi connectivity index (χ1) is 11.0. The second-order valence-corrected chi connectivity index (χ2v) is 5.36. The van der Waals surface area contributed by atoms with E-state index >= 15 is 0 Å². The van der Waals surface area contributed by atoms with E-state index in [1.54, 1.807) is 36.2 Å². The number of amides is 2. The summed E-state index contributed by atoms with van der Waals surface area (Å²) in [4.78, 5) is 36.1. The molecule has 2 N–H and O–H groups in total. The molecule has 0 spiro atoms. The van der Waals surface area contributed by atoms with Gasteiger partial charge in [-0.3, -0.25) is 14.4 Å². The van der Waals surface area contributed by atoms with Gasteiger partial charge in [0.1, 0.15) is 0 Å². The smallest absolute Gasteiger partial charge is 0.303 e. The van der Waals surface area contributed by atoms with Gasteiger partial charge in [-0.2, -0.15) is 0 Å². The first kappa shape index (κ1) is 18.7. The van der Waals surface area contributed by atoms with Crippen molar-refractivity contribution in [2.24, 2.45) is 0 Å². The Bertz CT molecular complexity index is 557. The molecule has 0 radical (unpaired) electrons. The van der Waals surface area contributed by atoms with Crippen LogP contribution < -0.4 is 5.32 Å². The maximum atomic E-state index is 12.1. The predicted molar refractivity (Wildman–Crippen MR) is 87.5 cm³/mol. The molecule has 0 aliphatic rings. The van der Waals surface area contributed by atoms with E-state index in [2.05, 4.69) is 5.32 Å². The Morgan fingerprint density at radius 3 is 2.48 bits per heavy atom.